The number of nitrogens with zero attached hydrogens (tertiary/aromatic N) is 2. The third-order valence-corrected chi connectivity index (χ3v) is 7.81. The molecule has 3 aromatic rings. The molecule has 1 aromatic heterocycles. The summed E-state index contributed by atoms with van der Waals surface area (Å²) in [6.07, 6.45) is 1.68. The summed E-state index contributed by atoms with van der Waals surface area (Å²) in [5.41, 5.74) is 4.10. The number of aryl methyl sites for hydroxylation is 1. The molecule has 4 heterocycles. The molecule has 0 saturated carbocycles. The summed E-state index contributed by atoms with van der Waals surface area (Å²) in [6.45, 7) is 2.30. The lowest BCUT2D eigenvalue weighted by Crippen LogP contribution is -2.54. The zero-order valence-corrected chi connectivity index (χ0v) is 20.0. The summed E-state index contributed by atoms with van der Waals surface area (Å²) in [5, 5.41) is 17.9. The van der Waals surface area contributed by atoms with Gasteiger partial charge in [-0.1, -0.05) is 0 Å². The average Bonchev–Trinajstić information content (AvgIpc) is 3.47. The number of piperidine rings is 1. The van der Waals surface area contributed by atoms with Gasteiger partial charge >= 0.3 is 6.03 Å². The summed E-state index contributed by atoms with van der Waals surface area (Å²) in [5.74, 6) is 2.15. The van der Waals surface area contributed by atoms with Gasteiger partial charge in [0.05, 0.1) is 25.3 Å². The molecule has 0 aliphatic carbocycles. The number of rotatable bonds is 3. The number of nitrogens with one attached hydrogen (secondary N) is 2. The van der Waals surface area contributed by atoms with E-state index in [4.69, 9.17) is 14.2 Å². The van der Waals surface area contributed by atoms with E-state index in [9.17, 15) is 9.90 Å². The molecule has 6 rings (SSSR count). The lowest BCUT2D eigenvalue weighted by atomic mass is 9.69. The highest BCUT2D eigenvalue weighted by molar-refractivity contribution is 5.91. The van der Waals surface area contributed by atoms with Crippen LogP contribution in [0.5, 0.6) is 17.2 Å². The van der Waals surface area contributed by atoms with Crippen molar-refractivity contribution in [2.45, 2.75) is 24.3 Å². The van der Waals surface area contributed by atoms with E-state index in [0.29, 0.717) is 30.3 Å². The van der Waals surface area contributed by atoms with Crippen molar-refractivity contribution in [2.24, 2.45) is 7.05 Å². The van der Waals surface area contributed by atoms with E-state index in [0.717, 1.165) is 36.3 Å². The van der Waals surface area contributed by atoms with Gasteiger partial charge in [0.25, 0.3) is 0 Å². The number of aliphatic hydroxyl groups excluding tert-OH is 1. The van der Waals surface area contributed by atoms with Crippen LogP contribution >= 0.6 is 0 Å². The average molecular weight is 479 g/mol. The van der Waals surface area contributed by atoms with Crippen LogP contribution in [-0.4, -0.2) is 60.7 Å². The molecule has 0 unspecified atom stereocenters. The van der Waals surface area contributed by atoms with Crippen molar-refractivity contribution >= 4 is 22.6 Å². The Balaban J connectivity index is 1.26. The number of urea groups is 1. The first kappa shape index (κ1) is 22.1. The lowest BCUT2D eigenvalue weighted by Gasteiger charge is -2.46. The molecule has 1 fully saturated rings. The van der Waals surface area contributed by atoms with Gasteiger partial charge in [0.2, 0.25) is 6.79 Å². The molecule has 1 spiro atoms. The van der Waals surface area contributed by atoms with Crippen LogP contribution in [-0.2, 0) is 12.5 Å². The largest absolute Gasteiger partial charge is 0.497 e. The predicted molar refractivity (Wildman–Crippen MR) is 131 cm³/mol. The summed E-state index contributed by atoms with van der Waals surface area (Å²) in [6, 6.07) is 11.4. The molecule has 9 heteroatoms. The monoisotopic (exact) mass is 478 g/mol. The number of ether oxygens (including phenoxy) is 3. The third-order valence-electron chi connectivity index (χ3n) is 7.81. The number of carbonyl (C=O) groups excluding carboxylic acids is 1. The maximum Gasteiger partial charge on any atom is 0.321 e. The number of hydrogen-bond donors (Lipinski definition) is 3. The van der Waals surface area contributed by atoms with E-state index < -0.39 is 0 Å². The first-order valence-corrected chi connectivity index (χ1v) is 12.0. The summed E-state index contributed by atoms with van der Waals surface area (Å²) in [4.78, 5) is 14.9. The molecule has 2 aromatic carbocycles. The number of methoxy groups -OCH3 is 1. The maximum absolute atomic E-state index is 13.0. The van der Waals surface area contributed by atoms with Crippen LogP contribution in [0.4, 0.5) is 10.5 Å². The van der Waals surface area contributed by atoms with Crippen LogP contribution in [0.15, 0.2) is 36.4 Å². The maximum atomic E-state index is 13.0. The molecule has 0 radical (unpaired) electrons. The van der Waals surface area contributed by atoms with E-state index in [-0.39, 0.29) is 30.9 Å². The molecule has 9 nitrogen and oxygen atoms in total. The Bertz CT molecular complexity index is 1290. The van der Waals surface area contributed by atoms with Crippen molar-refractivity contribution in [3.63, 3.8) is 0 Å². The van der Waals surface area contributed by atoms with Crippen molar-refractivity contribution in [3.8, 4) is 17.2 Å². The number of aliphatic hydroxyl groups is 1. The number of likely N-dealkylation sites (tertiary alicyclic amines) is 1. The SMILES string of the molecule is COc1ccc2c3c(n(C)c2c1)[C@H](CO)NCC31CCN(C(=O)Nc2ccc3c(c2)OCO3)CC1. The van der Waals surface area contributed by atoms with Gasteiger partial charge < -0.3 is 39.4 Å². The number of anilines is 1. The molecule has 184 valence electrons. The van der Waals surface area contributed by atoms with Gasteiger partial charge in [0.1, 0.15) is 5.75 Å². The first-order valence-electron chi connectivity index (χ1n) is 12.0. The van der Waals surface area contributed by atoms with Gasteiger partial charge in [-0.2, -0.15) is 0 Å². The Kier molecular flexibility index (Phi) is 5.26. The molecule has 1 saturated heterocycles. The fourth-order valence-electron chi connectivity index (χ4n) is 5.92. The predicted octanol–water partition coefficient (Wildman–Crippen LogP) is 3.12. The van der Waals surface area contributed by atoms with Crippen LogP contribution in [0, 0.1) is 0 Å². The fourth-order valence-corrected chi connectivity index (χ4v) is 5.92. The molecule has 3 aliphatic heterocycles. The van der Waals surface area contributed by atoms with Crippen LogP contribution in [0.3, 0.4) is 0 Å². The van der Waals surface area contributed by atoms with E-state index in [1.54, 1.807) is 13.2 Å². The second-order valence-corrected chi connectivity index (χ2v) is 9.58. The number of hydrogen-bond acceptors (Lipinski definition) is 6. The van der Waals surface area contributed by atoms with Crippen LogP contribution in [0.2, 0.25) is 0 Å². The lowest BCUT2D eigenvalue weighted by molar-refractivity contribution is 0.148. The summed E-state index contributed by atoms with van der Waals surface area (Å²) in [7, 11) is 3.73. The number of aromatic nitrogens is 1. The quantitative estimate of drug-likeness (QED) is 0.535. The van der Waals surface area contributed by atoms with Crippen molar-refractivity contribution in [1.29, 1.82) is 0 Å². The van der Waals surface area contributed by atoms with Gasteiger partial charge in [-0.05, 0) is 42.7 Å². The number of benzene rings is 2. The molecule has 2 amide bonds. The summed E-state index contributed by atoms with van der Waals surface area (Å²) >= 11 is 0. The van der Waals surface area contributed by atoms with E-state index in [1.807, 2.05) is 23.1 Å². The van der Waals surface area contributed by atoms with Crippen molar-refractivity contribution < 1.29 is 24.1 Å². The van der Waals surface area contributed by atoms with Gasteiger partial charge in [-0.3, -0.25) is 0 Å². The standard InChI is InChI=1S/C26H30N4O5/c1-29-20-12-17(33-2)4-5-18(20)23-24(29)19(13-31)27-14-26(23)7-9-30(10-8-26)25(32)28-16-3-6-21-22(11-16)35-15-34-21/h3-6,11-12,19,27,31H,7-10,13-15H2,1-2H3,(H,28,32)/t19-/m0/s1. The highest BCUT2D eigenvalue weighted by atomic mass is 16.7. The van der Waals surface area contributed by atoms with E-state index in [1.165, 1.54) is 10.9 Å². The molecule has 0 bridgehead atoms. The number of carbonyl (C=O) groups is 1. The molecular weight excluding hydrogens is 448 g/mol. The van der Waals surface area contributed by atoms with Crippen molar-refractivity contribution in [3.05, 3.63) is 47.7 Å². The Morgan fingerprint density at radius 1 is 1.20 bits per heavy atom. The van der Waals surface area contributed by atoms with Gasteiger partial charge in [0, 0.05) is 61.0 Å². The Morgan fingerprint density at radius 2 is 2.00 bits per heavy atom. The fraction of sp³-hybridized carbons (Fsp3) is 0.423. The Labute approximate surface area is 203 Å². The second-order valence-electron chi connectivity index (χ2n) is 9.58. The highest BCUT2D eigenvalue weighted by Crippen LogP contribution is 2.47. The highest BCUT2D eigenvalue weighted by Gasteiger charge is 2.45. The minimum absolute atomic E-state index is 0.0362. The van der Waals surface area contributed by atoms with Crippen molar-refractivity contribution in [2.75, 3.05) is 45.5 Å². The second kappa shape index (κ2) is 8.35. The Morgan fingerprint density at radius 3 is 2.77 bits per heavy atom. The minimum Gasteiger partial charge on any atom is -0.497 e. The first-order chi connectivity index (χ1) is 17.0. The van der Waals surface area contributed by atoms with E-state index in [2.05, 4.69) is 34.4 Å². The normalized spacial score (nSPS) is 20.2. The summed E-state index contributed by atoms with van der Waals surface area (Å²) < 4.78 is 18.4. The van der Waals surface area contributed by atoms with Crippen LogP contribution in [0.25, 0.3) is 10.9 Å². The Hall–Kier alpha value is -3.43. The van der Waals surface area contributed by atoms with Crippen LogP contribution < -0.4 is 24.8 Å². The zero-order chi connectivity index (χ0) is 24.2. The third kappa shape index (κ3) is 3.49. The smallest absolute Gasteiger partial charge is 0.321 e. The molecule has 3 aliphatic rings. The topological polar surface area (TPSA) is 97.2 Å². The minimum atomic E-state index is -0.119. The van der Waals surface area contributed by atoms with E-state index >= 15 is 0 Å². The zero-order valence-electron chi connectivity index (χ0n) is 20.0. The van der Waals surface area contributed by atoms with Gasteiger partial charge in [-0.25, -0.2) is 4.79 Å². The molecule has 35 heavy (non-hydrogen) atoms. The van der Waals surface area contributed by atoms with Crippen LogP contribution in [0.1, 0.15) is 30.1 Å². The molecular formula is C26H30N4O5. The number of amides is 2. The van der Waals surface area contributed by atoms with Gasteiger partial charge in [0.15, 0.2) is 11.5 Å². The molecule has 1 atom stereocenters. The number of fused-ring (bicyclic) bond motifs is 5. The molecule has 3 N–H and O–H groups in total. The van der Waals surface area contributed by atoms with Crippen molar-refractivity contribution in [1.82, 2.24) is 14.8 Å². The van der Waals surface area contributed by atoms with Gasteiger partial charge in [-0.15, -0.1) is 0 Å².